The molecule has 0 radical (unpaired) electrons. The standard InChI is InChI=1S/C22H20N6O6S3/c1-12-24-25-22(37-12)36-11-14-10-35-20-17(23-15(29)7-27-8-16(30)34-26-27)19(31)28(20)18(14)21(32)33-9-13-5-3-2-4-6-13/h2-6,8,17,20H,7,9-11H2,1H3,(H-,23,26,29,30)/p+1/t17?,20-/m0/s1. The lowest BCUT2D eigenvalue weighted by atomic mass is 10.0. The molecule has 2 N–H and O–H groups in total. The number of fused-ring (bicyclic) bond motifs is 1. The number of H-pyrrole nitrogens is 1. The second-order valence-electron chi connectivity index (χ2n) is 8.11. The number of aryl methyl sites for hydroxylation is 1. The molecule has 1 fully saturated rings. The largest absolute Gasteiger partial charge is 0.456 e. The Morgan fingerprint density at radius 2 is 2.11 bits per heavy atom. The van der Waals surface area contributed by atoms with E-state index >= 15 is 0 Å². The van der Waals surface area contributed by atoms with Crippen LogP contribution in [0.15, 0.2) is 61.5 Å². The van der Waals surface area contributed by atoms with Gasteiger partial charge in [-0.2, -0.15) is 0 Å². The number of ether oxygens (including phenoxy) is 1. The topological polar surface area (TPSA) is 151 Å². The van der Waals surface area contributed by atoms with E-state index < -0.39 is 34.8 Å². The second-order valence-corrected chi connectivity index (χ2v) is 11.6. The fraction of sp³-hybridized carbons (Fsp3) is 0.318. The van der Waals surface area contributed by atoms with E-state index in [1.54, 1.807) is 0 Å². The number of aromatic nitrogens is 4. The number of carbonyl (C=O) groups excluding carboxylic acids is 3. The summed E-state index contributed by atoms with van der Waals surface area (Å²) in [4.78, 5) is 51.4. The quantitative estimate of drug-likeness (QED) is 0.165. The number of amides is 2. The molecule has 12 nitrogen and oxygen atoms in total. The van der Waals surface area contributed by atoms with E-state index in [9.17, 15) is 19.2 Å². The Bertz CT molecular complexity index is 1420. The molecule has 0 aliphatic carbocycles. The number of esters is 1. The third kappa shape index (κ3) is 5.62. The summed E-state index contributed by atoms with van der Waals surface area (Å²) in [5, 5.41) is 13.5. The first kappa shape index (κ1) is 25.2. The number of hydrogen-bond acceptors (Lipinski definition) is 11. The van der Waals surface area contributed by atoms with Crippen LogP contribution in [0.1, 0.15) is 10.6 Å². The minimum atomic E-state index is -0.811. The van der Waals surface area contributed by atoms with E-state index in [1.807, 2.05) is 37.3 Å². The van der Waals surface area contributed by atoms with E-state index in [0.717, 1.165) is 26.7 Å². The van der Waals surface area contributed by atoms with Crippen molar-refractivity contribution in [1.29, 1.82) is 0 Å². The van der Waals surface area contributed by atoms with Gasteiger partial charge in [-0.3, -0.25) is 19.0 Å². The van der Waals surface area contributed by atoms with Gasteiger partial charge in [0.25, 0.3) is 24.6 Å². The highest BCUT2D eigenvalue weighted by molar-refractivity contribution is 8.01. The number of nitrogens with one attached hydrogen (secondary N) is 2. The Kier molecular flexibility index (Phi) is 7.43. The first-order chi connectivity index (χ1) is 17.9. The van der Waals surface area contributed by atoms with Gasteiger partial charge in [-0.15, -0.1) is 22.0 Å². The summed E-state index contributed by atoms with van der Waals surface area (Å²) in [6, 6.07) is 8.46. The summed E-state index contributed by atoms with van der Waals surface area (Å²) in [6.45, 7) is 1.71. The Hall–Kier alpha value is -3.43. The van der Waals surface area contributed by atoms with Crippen molar-refractivity contribution in [3.63, 3.8) is 0 Å². The summed E-state index contributed by atoms with van der Waals surface area (Å²) in [5.41, 5.74) is 1.16. The Labute approximate surface area is 222 Å². The molecule has 2 atom stereocenters. The third-order valence-electron chi connectivity index (χ3n) is 5.49. The molecule has 3 aromatic rings. The van der Waals surface area contributed by atoms with Gasteiger partial charge in [0.05, 0.1) is 0 Å². The summed E-state index contributed by atoms with van der Waals surface area (Å²) < 4.78 is 12.1. The maximum Gasteiger partial charge on any atom is 0.426 e. The van der Waals surface area contributed by atoms with Crippen molar-refractivity contribution in [3.05, 3.63) is 68.8 Å². The predicted octanol–water partition coefficient (Wildman–Crippen LogP) is 0.605. The van der Waals surface area contributed by atoms with Gasteiger partial charge in [0, 0.05) is 11.5 Å². The van der Waals surface area contributed by atoms with E-state index in [-0.39, 0.29) is 18.8 Å². The maximum absolute atomic E-state index is 13.3. The van der Waals surface area contributed by atoms with Gasteiger partial charge in [0.15, 0.2) is 4.34 Å². The first-order valence-electron chi connectivity index (χ1n) is 11.1. The van der Waals surface area contributed by atoms with Crippen LogP contribution in [0.4, 0.5) is 0 Å². The SMILES string of the molecule is Cc1nnc(SCC2=C(C(=O)OCc3ccccc3)N3C(=O)C(NC(=O)C[n+]4cc(=O)o[nH]4)[C@@H]3SC2)s1. The zero-order chi connectivity index (χ0) is 25.9. The molecule has 1 saturated heterocycles. The highest BCUT2D eigenvalue weighted by atomic mass is 32.2. The number of benzene rings is 1. The molecule has 192 valence electrons. The van der Waals surface area contributed by atoms with E-state index in [2.05, 4.69) is 25.3 Å². The Balaban J connectivity index is 1.31. The average molecular weight is 562 g/mol. The molecule has 0 spiro atoms. The van der Waals surface area contributed by atoms with Gasteiger partial charge in [-0.25, -0.2) is 9.59 Å². The minimum Gasteiger partial charge on any atom is -0.456 e. The first-order valence-corrected chi connectivity index (χ1v) is 13.9. The lowest BCUT2D eigenvalue weighted by molar-refractivity contribution is -0.751. The monoisotopic (exact) mass is 561 g/mol. The van der Waals surface area contributed by atoms with Gasteiger partial charge in [0.2, 0.25) is 0 Å². The van der Waals surface area contributed by atoms with Crippen molar-refractivity contribution in [1.82, 2.24) is 25.7 Å². The van der Waals surface area contributed by atoms with Crippen LogP contribution in [-0.4, -0.2) is 61.1 Å². The average Bonchev–Trinajstić information content (AvgIpc) is 3.51. The third-order valence-corrected chi connectivity index (χ3v) is 8.88. The van der Waals surface area contributed by atoms with Crippen molar-refractivity contribution in [2.45, 2.75) is 35.8 Å². The number of β-lactam (4-membered cyclic amide) rings is 1. The maximum atomic E-state index is 13.3. The highest BCUT2D eigenvalue weighted by Gasteiger charge is 2.54. The molecule has 0 saturated carbocycles. The molecule has 2 amide bonds. The van der Waals surface area contributed by atoms with Crippen LogP contribution in [0.3, 0.4) is 0 Å². The Morgan fingerprint density at radius 1 is 1.30 bits per heavy atom. The number of thioether (sulfide) groups is 2. The molecule has 5 rings (SSSR count). The summed E-state index contributed by atoms with van der Waals surface area (Å²) >= 11 is 4.36. The number of hydrogen-bond donors (Lipinski definition) is 2. The van der Waals surface area contributed by atoms with Gasteiger partial charge in [-0.05, 0) is 23.3 Å². The van der Waals surface area contributed by atoms with Gasteiger partial charge < -0.3 is 10.1 Å². The van der Waals surface area contributed by atoms with Gasteiger partial charge >= 0.3 is 11.6 Å². The predicted molar refractivity (Wildman–Crippen MR) is 133 cm³/mol. The molecule has 37 heavy (non-hydrogen) atoms. The molecule has 0 bridgehead atoms. The summed E-state index contributed by atoms with van der Waals surface area (Å²) in [5.74, 6) is -0.563. The van der Waals surface area contributed by atoms with Crippen LogP contribution in [0.5, 0.6) is 0 Å². The number of carbonyl (C=O) groups is 3. The van der Waals surface area contributed by atoms with Crippen molar-refractivity contribution in [2.75, 3.05) is 11.5 Å². The van der Waals surface area contributed by atoms with Crippen molar-refractivity contribution >= 4 is 52.6 Å². The van der Waals surface area contributed by atoms with Crippen LogP contribution in [0, 0.1) is 6.92 Å². The molecular weight excluding hydrogens is 540 g/mol. The van der Waals surface area contributed by atoms with E-state index in [1.165, 1.54) is 44.4 Å². The summed E-state index contributed by atoms with van der Waals surface area (Å²) in [6.07, 6.45) is 1.09. The molecule has 1 aromatic carbocycles. The van der Waals surface area contributed by atoms with Crippen LogP contribution in [-0.2, 0) is 32.3 Å². The normalized spacial score (nSPS) is 18.8. The molecule has 1 unspecified atom stereocenters. The minimum absolute atomic E-state index is 0.0688. The van der Waals surface area contributed by atoms with E-state index in [4.69, 9.17) is 4.74 Å². The number of aromatic amines is 1. The lowest BCUT2D eigenvalue weighted by Crippen LogP contribution is -2.71. The molecule has 2 aliphatic heterocycles. The summed E-state index contributed by atoms with van der Waals surface area (Å²) in [7, 11) is 0. The smallest absolute Gasteiger partial charge is 0.426 e. The lowest BCUT2D eigenvalue weighted by Gasteiger charge is -2.49. The zero-order valence-electron chi connectivity index (χ0n) is 19.4. The van der Waals surface area contributed by atoms with Crippen LogP contribution in [0.25, 0.3) is 0 Å². The zero-order valence-corrected chi connectivity index (χ0v) is 21.9. The number of rotatable bonds is 9. The van der Waals surface area contributed by atoms with Crippen LogP contribution >= 0.6 is 34.9 Å². The molecular formula is C22H21N6O6S3+. The second kappa shape index (κ2) is 10.9. The molecule has 15 heteroatoms. The molecule has 2 aliphatic rings. The van der Waals surface area contributed by atoms with Gasteiger partial charge in [0.1, 0.15) is 28.7 Å². The fourth-order valence-electron chi connectivity index (χ4n) is 3.80. The van der Waals surface area contributed by atoms with Crippen molar-refractivity contribution < 1.29 is 28.3 Å². The van der Waals surface area contributed by atoms with E-state index in [0.29, 0.717) is 11.5 Å². The van der Waals surface area contributed by atoms with Crippen molar-refractivity contribution in [2.24, 2.45) is 0 Å². The highest BCUT2D eigenvalue weighted by Crippen LogP contribution is 2.42. The van der Waals surface area contributed by atoms with Gasteiger partial charge in [-0.1, -0.05) is 58.1 Å². The van der Waals surface area contributed by atoms with Crippen LogP contribution in [0.2, 0.25) is 0 Å². The Morgan fingerprint density at radius 3 is 2.81 bits per heavy atom. The van der Waals surface area contributed by atoms with Crippen molar-refractivity contribution in [3.8, 4) is 0 Å². The fourth-order valence-corrected chi connectivity index (χ4v) is 7.10. The van der Waals surface area contributed by atoms with Crippen LogP contribution < -0.4 is 15.6 Å². The molecule has 4 heterocycles. The number of nitrogens with zero attached hydrogens (tertiary/aromatic N) is 4. The molecule has 2 aromatic heterocycles.